The van der Waals surface area contributed by atoms with Crippen LogP contribution in [-0.2, 0) is 9.63 Å². The summed E-state index contributed by atoms with van der Waals surface area (Å²) in [6, 6.07) is 0. The van der Waals surface area contributed by atoms with E-state index in [9.17, 15) is 14.9 Å². The summed E-state index contributed by atoms with van der Waals surface area (Å²) >= 11 is 0. The molecule has 0 aliphatic heterocycles. The van der Waals surface area contributed by atoms with Gasteiger partial charge in [-0.3, -0.25) is 9.63 Å². The van der Waals surface area contributed by atoms with E-state index in [0.717, 1.165) is 0 Å². The van der Waals surface area contributed by atoms with E-state index in [1.165, 1.54) is 0 Å². The van der Waals surface area contributed by atoms with Crippen molar-refractivity contribution in [3.8, 4) is 0 Å². The van der Waals surface area contributed by atoms with E-state index in [1.54, 1.807) is 0 Å². The minimum Gasteiger partial charge on any atom is -0.336 e. The van der Waals surface area contributed by atoms with Crippen molar-refractivity contribution < 1.29 is 14.7 Å². The lowest BCUT2D eigenvalue weighted by molar-refractivity contribution is -0.758. The molecule has 0 saturated heterocycles. The molecule has 0 unspecified atom stereocenters. The van der Waals surface area contributed by atoms with E-state index in [4.69, 9.17) is 0 Å². The zero-order valence-corrected chi connectivity index (χ0v) is 3.86. The first-order chi connectivity index (χ1) is 3.77. The molecule has 0 rings (SSSR count). The first-order valence-corrected chi connectivity index (χ1v) is 1.71. The SMILES string of the molecule is O=CNCO[N+](=O)[O-]. The van der Waals surface area contributed by atoms with Crippen LogP contribution in [0, 0.1) is 10.1 Å². The van der Waals surface area contributed by atoms with Gasteiger partial charge in [-0.25, -0.2) is 0 Å². The second-order valence-electron chi connectivity index (χ2n) is 0.819. The van der Waals surface area contributed by atoms with Crippen LogP contribution < -0.4 is 5.32 Å². The van der Waals surface area contributed by atoms with Gasteiger partial charge in [0.15, 0.2) is 6.73 Å². The van der Waals surface area contributed by atoms with Gasteiger partial charge in [-0.15, -0.1) is 10.1 Å². The van der Waals surface area contributed by atoms with Gasteiger partial charge in [0.05, 0.1) is 0 Å². The molecule has 0 spiro atoms. The second-order valence-corrected chi connectivity index (χ2v) is 0.819. The molecule has 0 aromatic carbocycles. The lowest BCUT2D eigenvalue weighted by Crippen LogP contribution is -2.17. The maximum Gasteiger partial charge on any atom is 0.296 e. The molecule has 1 amide bonds. The van der Waals surface area contributed by atoms with Crippen LogP contribution in [0.4, 0.5) is 0 Å². The van der Waals surface area contributed by atoms with Gasteiger partial charge in [0, 0.05) is 0 Å². The quantitative estimate of drug-likeness (QED) is 0.168. The van der Waals surface area contributed by atoms with Crippen LogP contribution in [-0.4, -0.2) is 18.2 Å². The molecule has 0 atom stereocenters. The van der Waals surface area contributed by atoms with Crippen LogP contribution in [0.25, 0.3) is 0 Å². The summed E-state index contributed by atoms with van der Waals surface area (Å²) < 4.78 is 0. The van der Waals surface area contributed by atoms with E-state index >= 15 is 0 Å². The molecule has 0 aromatic heterocycles. The first-order valence-electron chi connectivity index (χ1n) is 1.71. The van der Waals surface area contributed by atoms with Crippen molar-refractivity contribution in [2.45, 2.75) is 0 Å². The highest BCUT2D eigenvalue weighted by atomic mass is 17.0. The number of amides is 1. The Hall–Kier alpha value is -1.33. The van der Waals surface area contributed by atoms with Crippen LogP contribution in [0.1, 0.15) is 0 Å². The van der Waals surface area contributed by atoms with Crippen molar-refractivity contribution in [3.63, 3.8) is 0 Å². The molecular weight excluding hydrogens is 116 g/mol. The molecule has 0 saturated carbocycles. The van der Waals surface area contributed by atoms with Gasteiger partial charge in [0.1, 0.15) is 0 Å². The van der Waals surface area contributed by atoms with Crippen molar-refractivity contribution in [1.82, 2.24) is 5.32 Å². The minimum absolute atomic E-state index is 0.309. The summed E-state index contributed by atoms with van der Waals surface area (Å²) in [5.74, 6) is 0. The topological polar surface area (TPSA) is 81.5 Å². The zero-order chi connectivity index (χ0) is 6.41. The van der Waals surface area contributed by atoms with Crippen LogP contribution in [0.2, 0.25) is 0 Å². The first kappa shape index (κ1) is 6.67. The van der Waals surface area contributed by atoms with Crippen molar-refractivity contribution in [2.24, 2.45) is 0 Å². The summed E-state index contributed by atoms with van der Waals surface area (Å²) in [4.78, 5) is 22.3. The Morgan fingerprint density at radius 2 is 2.50 bits per heavy atom. The Morgan fingerprint density at radius 1 is 1.88 bits per heavy atom. The minimum atomic E-state index is -0.990. The van der Waals surface area contributed by atoms with Gasteiger partial charge in [-0.05, 0) is 0 Å². The average molecular weight is 120 g/mol. The standard InChI is InChI=1S/C2H4N2O4/c5-1-3-2-8-4(6)7/h1H,2H2,(H,3,5). The lowest BCUT2D eigenvalue weighted by atomic mass is 11.1. The maximum absolute atomic E-state index is 9.37. The predicted octanol–water partition coefficient (Wildman–Crippen LogP) is -1.10. The van der Waals surface area contributed by atoms with Gasteiger partial charge < -0.3 is 5.32 Å². The Balaban J connectivity index is 2.93. The highest BCUT2D eigenvalue weighted by Gasteiger charge is 1.88. The molecular formula is C2H4N2O4. The lowest BCUT2D eigenvalue weighted by Gasteiger charge is -1.91. The number of nitrogens with zero attached hydrogens (tertiary/aromatic N) is 1. The maximum atomic E-state index is 9.37. The van der Waals surface area contributed by atoms with Crippen molar-refractivity contribution in [3.05, 3.63) is 10.1 Å². The molecule has 0 radical (unpaired) electrons. The van der Waals surface area contributed by atoms with Crippen molar-refractivity contribution in [2.75, 3.05) is 6.73 Å². The Bertz CT molecular complexity index is 92.0. The van der Waals surface area contributed by atoms with Gasteiger partial charge in [0.2, 0.25) is 6.41 Å². The predicted molar refractivity (Wildman–Crippen MR) is 22.1 cm³/mol. The third-order valence-electron chi connectivity index (χ3n) is 0.337. The summed E-state index contributed by atoms with van der Waals surface area (Å²) in [5.41, 5.74) is 0. The van der Waals surface area contributed by atoms with Crippen molar-refractivity contribution in [1.29, 1.82) is 0 Å². The number of carbonyl (C=O) groups excluding carboxylic acids is 1. The van der Waals surface area contributed by atoms with Crippen LogP contribution in [0.15, 0.2) is 0 Å². The van der Waals surface area contributed by atoms with E-state index in [1.807, 2.05) is 5.32 Å². The summed E-state index contributed by atoms with van der Waals surface area (Å²) in [6.45, 7) is -0.392. The summed E-state index contributed by atoms with van der Waals surface area (Å²) in [7, 11) is 0. The van der Waals surface area contributed by atoms with Gasteiger partial charge in [0.25, 0.3) is 5.09 Å². The fourth-order valence-electron chi connectivity index (χ4n) is 0.124. The number of hydrogen-bond donors (Lipinski definition) is 1. The van der Waals surface area contributed by atoms with Gasteiger partial charge >= 0.3 is 0 Å². The molecule has 0 heterocycles. The third kappa shape index (κ3) is 4.67. The highest BCUT2D eigenvalue weighted by Crippen LogP contribution is 1.65. The molecule has 46 valence electrons. The average Bonchev–Trinajstić information content (AvgIpc) is 1.66. The molecule has 0 bridgehead atoms. The third-order valence-corrected chi connectivity index (χ3v) is 0.337. The van der Waals surface area contributed by atoms with E-state index < -0.39 is 11.8 Å². The van der Waals surface area contributed by atoms with Crippen LogP contribution in [0.5, 0.6) is 0 Å². The second kappa shape index (κ2) is 3.85. The largest absolute Gasteiger partial charge is 0.336 e. The van der Waals surface area contributed by atoms with E-state index in [2.05, 4.69) is 4.84 Å². The van der Waals surface area contributed by atoms with Gasteiger partial charge in [-0.2, -0.15) is 0 Å². The molecule has 1 N–H and O–H groups in total. The van der Waals surface area contributed by atoms with Gasteiger partial charge in [-0.1, -0.05) is 0 Å². The van der Waals surface area contributed by atoms with E-state index in [-0.39, 0.29) is 0 Å². The Kier molecular flexibility index (Phi) is 3.21. The molecule has 0 aliphatic carbocycles. The summed E-state index contributed by atoms with van der Waals surface area (Å²) in [5, 5.41) is 10.2. The molecule has 0 fully saturated rings. The molecule has 0 aromatic rings. The molecule has 6 heteroatoms. The van der Waals surface area contributed by atoms with Crippen molar-refractivity contribution >= 4 is 6.41 Å². The zero-order valence-electron chi connectivity index (χ0n) is 3.86. The summed E-state index contributed by atoms with van der Waals surface area (Å²) in [6.07, 6.45) is 0.309. The smallest absolute Gasteiger partial charge is 0.296 e. The molecule has 6 nitrogen and oxygen atoms in total. The normalized spacial score (nSPS) is 7.50. The Morgan fingerprint density at radius 3 is 2.88 bits per heavy atom. The molecule has 8 heavy (non-hydrogen) atoms. The van der Waals surface area contributed by atoms with Crippen LogP contribution >= 0.6 is 0 Å². The number of carbonyl (C=O) groups is 1. The Labute approximate surface area is 44.5 Å². The molecule has 0 aliphatic rings. The fraction of sp³-hybridized carbons (Fsp3) is 0.500. The number of hydrogen-bond acceptors (Lipinski definition) is 4. The highest BCUT2D eigenvalue weighted by molar-refractivity contribution is 5.45. The van der Waals surface area contributed by atoms with E-state index in [0.29, 0.717) is 6.41 Å². The van der Waals surface area contributed by atoms with Crippen LogP contribution in [0.3, 0.4) is 0 Å². The number of nitrogens with one attached hydrogen (secondary N) is 1. The fourth-order valence-corrected chi connectivity index (χ4v) is 0.124. The monoisotopic (exact) mass is 120 g/mol. The number of rotatable bonds is 4.